The van der Waals surface area contributed by atoms with Crippen molar-refractivity contribution in [3.8, 4) is 5.75 Å². The van der Waals surface area contributed by atoms with E-state index in [4.69, 9.17) is 4.74 Å². The minimum Gasteiger partial charge on any atom is -0.508 e. The van der Waals surface area contributed by atoms with Crippen LogP contribution in [0.5, 0.6) is 5.75 Å². The lowest BCUT2D eigenvalue weighted by molar-refractivity contribution is -0.145. The van der Waals surface area contributed by atoms with Crippen LogP contribution in [0.15, 0.2) is 48.5 Å². The standard InChI is InChI=1S/C31H39F3N2O4.C2H6.H2/c32-26-9-4-22(5-10-26)19-35-31(39)29(24-2-1-3-25(18-24)30(33)34)36(20-23-14-16-40-17-15-23)28(38)13-8-21-6-11-27(37)12-7-21;1-2;/h4-7,9-12,23-25,29-30,37H,1-3,8,13-20H2,(H,35,39);1-2H3;1H. The summed E-state index contributed by atoms with van der Waals surface area (Å²) >= 11 is 0. The summed E-state index contributed by atoms with van der Waals surface area (Å²) in [5.41, 5.74) is 1.59. The Bertz CT molecular complexity index is 1100. The van der Waals surface area contributed by atoms with E-state index in [9.17, 15) is 27.9 Å². The van der Waals surface area contributed by atoms with E-state index in [0.717, 1.165) is 18.4 Å². The number of amides is 2. The molecule has 1 aliphatic heterocycles. The van der Waals surface area contributed by atoms with Crippen LogP contribution in [0.1, 0.15) is 71.3 Å². The molecule has 2 N–H and O–H groups in total. The number of phenolic OH excluding ortho intramolecular Hbond substituents is 1. The van der Waals surface area contributed by atoms with Gasteiger partial charge in [0.15, 0.2) is 0 Å². The summed E-state index contributed by atoms with van der Waals surface area (Å²) in [4.78, 5) is 29.3. The Labute approximate surface area is 249 Å². The van der Waals surface area contributed by atoms with Crippen LogP contribution in [0, 0.1) is 23.6 Å². The van der Waals surface area contributed by atoms with E-state index in [1.54, 1.807) is 41.3 Å². The van der Waals surface area contributed by atoms with Crippen LogP contribution < -0.4 is 5.32 Å². The zero-order chi connectivity index (χ0) is 30.5. The van der Waals surface area contributed by atoms with Gasteiger partial charge in [-0.2, -0.15) is 0 Å². The molecule has 3 atom stereocenters. The molecular weight excluding hydrogens is 545 g/mol. The van der Waals surface area contributed by atoms with Crippen molar-refractivity contribution < 1.29 is 34.0 Å². The second-order valence-corrected chi connectivity index (χ2v) is 11.1. The quantitative estimate of drug-likeness (QED) is 0.303. The van der Waals surface area contributed by atoms with Crippen LogP contribution in [0.2, 0.25) is 0 Å². The molecule has 3 unspecified atom stereocenters. The van der Waals surface area contributed by atoms with Crippen LogP contribution in [0.3, 0.4) is 0 Å². The first-order valence-electron chi connectivity index (χ1n) is 15.3. The molecule has 1 aliphatic carbocycles. The van der Waals surface area contributed by atoms with Gasteiger partial charge in [0, 0.05) is 40.1 Å². The zero-order valence-electron chi connectivity index (χ0n) is 24.7. The van der Waals surface area contributed by atoms with Gasteiger partial charge in [-0.3, -0.25) is 9.59 Å². The van der Waals surface area contributed by atoms with Gasteiger partial charge < -0.3 is 20.1 Å². The molecule has 4 rings (SSSR count). The molecule has 0 bridgehead atoms. The number of ether oxygens (including phenoxy) is 1. The monoisotopic (exact) mass is 592 g/mol. The molecule has 2 fully saturated rings. The predicted molar refractivity (Wildman–Crippen MR) is 159 cm³/mol. The summed E-state index contributed by atoms with van der Waals surface area (Å²) in [5, 5.41) is 12.5. The number of hydrogen-bond acceptors (Lipinski definition) is 4. The summed E-state index contributed by atoms with van der Waals surface area (Å²) < 4.78 is 46.5. The fraction of sp³-hybridized carbons (Fsp3) is 0.576. The van der Waals surface area contributed by atoms with Gasteiger partial charge in [-0.1, -0.05) is 44.5 Å². The van der Waals surface area contributed by atoms with Gasteiger partial charge in [0.05, 0.1) is 0 Å². The molecule has 42 heavy (non-hydrogen) atoms. The van der Waals surface area contributed by atoms with E-state index in [1.807, 2.05) is 13.8 Å². The number of hydrogen-bond donors (Lipinski definition) is 2. The van der Waals surface area contributed by atoms with E-state index in [1.165, 1.54) is 12.1 Å². The summed E-state index contributed by atoms with van der Waals surface area (Å²) in [7, 11) is 0. The Morgan fingerprint density at radius 3 is 2.24 bits per heavy atom. The van der Waals surface area contributed by atoms with Crippen molar-refractivity contribution in [2.45, 2.75) is 84.2 Å². The van der Waals surface area contributed by atoms with Crippen LogP contribution in [-0.2, 0) is 27.3 Å². The average molecular weight is 593 g/mol. The molecule has 2 aromatic rings. The summed E-state index contributed by atoms with van der Waals surface area (Å²) in [6.07, 6.45) is 1.39. The second-order valence-electron chi connectivity index (χ2n) is 11.1. The molecule has 1 saturated heterocycles. The van der Waals surface area contributed by atoms with Crippen molar-refractivity contribution in [1.29, 1.82) is 0 Å². The smallest absolute Gasteiger partial charge is 0.243 e. The first-order chi connectivity index (χ1) is 20.3. The maximum atomic E-state index is 13.8. The average Bonchev–Trinajstić information content (AvgIpc) is 3.01. The van der Waals surface area contributed by atoms with Gasteiger partial charge in [-0.05, 0) is 85.8 Å². The van der Waals surface area contributed by atoms with E-state index in [0.29, 0.717) is 51.0 Å². The first kappa shape index (κ1) is 33.4. The molecule has 2 aromatic carbocycles. The van der Waals surface area contributed by atoms with E-state index in [-0.39, 0.29) is 50.1 Å². The number of phenols is 1. The third kappa shape index (κ3) is 10.0. The number of aryl methyl sites for hydroxylation is 1. The molecule has 1 saturated carbocycles. The largest absolute Gasteiger partial charge is 0.508 e. The highest BCUT2D eigenvalue weighted by atomic mass is 19.3. The third-order valence-electron chi connectivity index (χ3n) is 8.22. The number of nitrogens with zero attached hydrogens (tertiary/aromatic N) is 1. The van der Waals surface area contributed by atoms with Gasteiger partial charge in [0.1, 0.15) is 17.6 Å². The highest BCUT2D eigenvalue weighted by Gasteiger charge is 2.41. The number of alkyl halides is 2. The Hall–Kier alpha value is -3.07. The van der Waals surface area contributed by atoms with Gasteiger partial charge in [0.2, 0.25) is 18.2 Å². The SMILES string of the molecule is CC.O=C(NCc1ccc(F)cc1)C(C1CCCC(C(F)F)C1)N(CC1CCOCC1)C(=O)CCc1ccc(O)cc1.[HH]. The van der Waals surface area contributed by atoms with E-state index in [2.05, 4.69) is 5.32 Å². The van der Waals surface area contributed by atoms with Crippen molar-refractivity contribution in [2.75, 3.05) is 19.8 Å². The molecular formula is C33H47F3N2O4. The van der Waals surface area contributed by atoms with Gasteiger partial charge >= 0.3 is 0 Å². The van der Waals surface area contributed by atoms with Crippen molar-refractivity contribution in [1.82, 2.24) is 10.2 Å². The third-order valence-corrected chi connectivity index (χ3v) is 8.22. The van der Waals surface area contributed by atoms with Crippen LogP contribution in [0.4, 0.5) is 13.2 Å². The molecule has 0 aromatic heterocycles. The fourth-order valence-electron chi connectivity index (χ4n) is 5.92. The summed E-state index contributed by atoms with van der Waals surface area (Å²) in [6.45, 7) is 5.67. The minimum absolute atomic E-state index is 0. The molecule has 0 spiro atoms. The van der Waals surface area contributed by atoms with Gasteiger partial charge in [0.25, 0.3) is 0 Å². The number of aromatic hydroxyl groups is 1. The molecule has 234 valence electrons. The van der Waals surface area contributed by atoms with Crippen molar-refractivity contribution in [2.24, 2.45) is 17.8 Å². The fourth-order valence-corrected chi connectivity index (χ4v) is 5.92. The van der Waals surface area contributed by atoms with Crippen molar-refractivity contribution in [3.05, 3.63) is 65.5 Å². The normalized spacial score (nSPS) is 19.9. The first-order valence-corrected chi connectivity index (χ1v) is 15.3. The van der Waals surface area contributed by atoms with Crippen LogP contribution >= 0.6 is 0 Å². The van der Waals surface area contributed by atoms with Crippen LogP contribution in [0.25, 0.3) is 0 Å². The lowest BCUT2D eigenvalue weighted by Gasteiger charge is -2.41. The van der Waals surface area contributed by atoms with Gasteiger partial charge in [-0.15, -0.1) is 0 Å². The number of benzene rings is 2. The summed E-state index contributed by atoms with van der Waals surface area (Å²) in [6, 6.07) is 11.6. The highest BCUT2D eigenvalue weighted by Crippen LogP contribution is 2.37. The Kier molecular flexibility index (Phi) is 13.6. The molecule has 2 amide bonds. The second kappa shape index (κ2) is 17.1. The number of nitrogens with one attached hydrogen (secondary N) is 1. The van der Waals surface area contributed by atoms with Crippen LogP contribution in [-0.4, -0.2) is 54.0 Å². The Morgan fingerprint density at radius 1 is 0.976 bits per heavy atom. The highest BCUT2D eigenvalue weighted by molar-refractivity contribution is 5.88. The molecule has 9 heteroatoms. The minimum atomic E-state index is -2.47. The number of halogens is 3. The Balaban J connectivity index is 0.00000211. The van der Waals surface area contributed by atoms with E-state index < -0.39 is 24.3 Å². The number of carbonyl (C=O) groups excluding carboxylic acids is 2. The summed E-state index contributed by atoms with van der Waals surface area (Å²) in [5.74, 6) is -1.85. The van der Waals surface area contributed by atoms with Gasteiger partial charge in [-0.25, -0.2) is 13.2 Å². The number of carbonyl (C=O) groups is 2. The van der Waals surface area contributed by atoms with E-state index >= 15 is 0 Å². The molecule has 1 heterocycles. The maximum Gasteiger partial charge on any atom is 0.243 e. The molecule has 2 aliphatic rings. The number of rotatable bonds is 11. The van der Waals surface area contributed by atoms with Crippen molar-refractivity contribution >= 4 is 11.8 Å². The zero-order valence-corrected chi connectivity index (χ0v) is 24.7. The maximum absolute atomic E-state index is 13.8. The molecule has 6 nitrogen and oxygen atoms in total. The van der Waals surface area contributed by atoms with Crippen molar-refractivity contribution in [3.63, 3.8) is 0 Å². The predicted octanol–water partition coefficient (Wildman–Crippen LogP) is 6.75. The lowest BCUT2D eigenvalue weighted by Crippen LogP contribution is -2.55. The topological polar surface area (TPSA) is 78.9 Å². The molecule has 0 radical (unpaired) electrons. The lowest BCUT2D eigenvalue weighted by atomic mass is 9.76. The Morgan fingerprint density at radius 2 is 1.60 bits per heavy atom.